The third kappa shape index (κ3) is 4.43. The van der Waals surface area contributed by atoms with Gasteiger partial charge in [0.05, 0.1) is 6.61 Å². The molecule has 2 aliphatic rings. The first kappa shape index (κ1) is 17.2. The quantitative estimate of drug-likeness (QED) is 0.723. The van der Waals surface area contributed by atoms with Crippen LogP contribution in [0.2, 0.25) is 0 Å². The molecule has 0 radical (unpaired) electrons. The number of nitrogens with one attached hydrogen (secondary N) is 1. The van der Waals surface area contributed by atoms with Gasteiger partial charge in [-0.3, -0.25) is 0 Å². The van der Waals surface area contributed by atoms with E-state index in [1.807, 2.05) is 0 Å². The van der Waals surface area contributed by atoms with Crippen LogP contribution in [-0.4, -0.2) is 47.8 Å². The van der Waals surface area contributed by atoms with Crippen molar-refractivity contribution in [3.63, 3.8) is 0 Å². The normalized spacial score (nSPS) is 34.1. The van der Waals surface area contributed by atoms with Crippen molar-refractivity contribution in [3.05, 3.63) is 0 Å². The summed E-state index contributed by atoms with van der Waals surface area (Å²) in [5, 5.41) is 13.7. The van der Waals surface area contributed by atoms with Crippen LogP contribution >= 0.6 is 0 Å². The van der Waals surface area contributed by atoms with E-state index in [1.54, 1.807) is 0 Å². The summed E-state index contributed by atoms with van der Waals surface area (Å²) in [6.45, 7) is 10.8. The minimum absolute atomic E-state index is 0.00326. The molecule has 0 amide bonds. The van der Waals surface area contributed by atoms with E-state index in [4.69, 9.17) is 0 Å². The number of aliphatic hydroxyl groups is 1. The predicted octanol–water partition coefficient (Wildman–Crippen LogP) is 3.03. The Hall–Kier alpha value is -0.120. The van der Waals surface area contributed by atoms with Crippen molar-refractivity contribution < 1.29 is 5.11 Å². The molecule has 0 aromatic heterocycles. The van der Waals surface area contributed by atoms with Crippen LogP contribution in [0.1, 0.15) is 65.7 Å². The maximum Gasteiger partial charge on any atom is 0.0616 e. The van der Waals surface area contributed by atoms with Crippen molar-refractivity contribution in [2.24, 2.45) is 11.8 Å². The van der Waals surface area contributed by atoms with Gasteiger partial charge < -0.3 is 15.3 Å². The van der Waals surface area contributed by atoms with E-state index in [9.17, 15) is 5.11 Å². The molecule has 0 aromatic rings. The Kier molecular flexibility index (Phi) is 6.51. The van der Waals surface area contributed by atoms with Gasteiger partial charge in [0, 0.05) is 18.1 Å². The Bertz CT molecular complexity index is 308. The van der Waals surface area contributed by atoms with Crippen molar-refractivity contribution in [2.45, 2.75) is 77.3 Å². The third-order valence-electron chi connectivity index (χ3n) is 5.68. The first-order valence-electron chi connectivity index (χ1n) is 9.20. The lowest BCUT2D eigenvalue weighted by Gasteiger charge is -2.37. The van der Waals surface area contributed by atoms with E-state index in [2.05, 4.69) is 31.0 Å². The molecule has 0 spiro atoms. The topological polar surface area (TPSA) is 35.5 Å². The first-order chi connectivity index (χ1) is 10.1. The van der Waals surface area contributed by atoms with Gasteiger partial charge >= 0.3 is 0 Å². The molecule has 2 N–H and O–H groups in total. The predicted molar refractivity (Wildman–Crippen MR) is 89.5 cm³/mol. The van der Waals surface area contributed by atoms with Crippen molar-refractivity contribution in [1.29, 1.82) is 0 Å². The summed E-state index contributed by atoms with van der Waals surface area (Å²) in [6, 6.07) is 0.457. The monoisotopic (exact) mass is 296 g/mol. The van der Waals surface area contributed by atoms with Gasteiger partial charge in [0.2, 0.25) is 0 Å². The van der Waals surface area contributed by atoms with E-state index in [0.717, 1.165) is 12.3 Å². The van der Waals surface area contributed by atoms with E-state index in [1.165, 1.54) is 58.2 Å². The van der Waals surface area contributed by atoms with E-state index in [-0.39, 0.29) is 5.54 Å². The van der Waals surface area contributed by atoms with Crippen LogP contribution in [0, 0.1) is 11.8 Å². The van der Waals surface area contributed by atoms with Crippen LogP contribution < -0.4 is 5.32 Å². The van der Waals surface area contributed by atoms with Gasteiger partial charge in [0.15, 0.2) is 0 Å². The van der Waals surface area contributed by atoms with Crippen molar-refractivity contribution in [1.82, 2.24) is 10.2 Å². The minimum Gasteiger partial charge on any atom is -0.394 e. The molecule has 1 aliphatic carbocycles. The maximum atomic E-state index is 9.96. The van der Waals surface area contributed by atoms with Gasteiger partial charge in [-0.15, -0.1) is 0 Å². The van der Waals surface area contributed by atoms with Gasteiger partial charge in [-0.2, -0.15) is 0 Å². The summed E-state index contributed by atoms with van der Waals surface area (Å²) in [6.07, 6.45) is 9.07. The molecular weight excluding hydrogens is 260 g/mol. The fourth-order valence-electron chi connectivity index (χ4n) is 4.68. The second-order valence-electron chi connectivity index (χ2n) is 7.74. The molecule has 3 nitrogen and oxygen atoms in total. The van der Waals surface area contributed by atoms with Gasteiger partial charge in [-0.05, 0) is 57.0 Å². The van der Waals surface area contributed by atoms with E-state index in [0.29, 0.717) is 18.6 Å². The van der Waals surface area contributed by atoms with Crippen LogP contribution in [0.3, 0.4) is 0 Å². The molecule has 2 rings (SSSR count). The molecule has 3 atom stereocenters. The Morgan fingerprint density at radius 1 is 1.29 bits per heavy atom. The molecule has 3 heteroatoms. The fraction of sp³-hybridized carbons (Fsp3) is 1.00. The van der Waals surface area contributed by atoms with Crippen LogP contribution in [0.5, 0.6) is 0 Å². The standard InChI is InChI=1S/C18H36N2O/c1-4-6-16-8-11-20(13-16)12-9-17-7-5-10-18(17,14-21)19-15(2)3/h15-17,19,21H,4-14H2,1-3H3. The first-order valence-corrected chi connectivity index (χ1v) is 9.20. The molecule has 0 bridgehead atoms. The lowest BCUT2D eigenvalue weighted by atomic mass is 9.84. The highest BCUT2D eigenvalue weighted by molar-refractivity contribution is 5.00. The molecule has 1 aliphatic heterocycles. The van der Waals surface area contributed by atoms with Crippen molar-refractivity contribution in [2.75, 3.05) is 26.2 Å². The van der Waals surface area contributed by atoms with Crippen LogP contribution in [0.4, 0.5) is 0 Å². The summed E-state index contributed by atoms with van der Waals surface area (Å²) in [5.41, 5.74) is -0.00326. The van der Waals surface area contributed by atoms with Crippen LogP contribution in [0.25, 0.3) is 0 Å². The summed E-state index contributed by atoms with van der Waals surface area (Å²) < 4.78 is 0. The largest absolute Gasteiger partial charge is 0.394 e. The Labute approximate surface area is 131 Å². The highest BCUT2D eigenvalue weighted by atomic mass is 16.3. The number of hydrogen-bond donors (Lipinski definition) is 2. The fourth-order valence-corrected chi connectivity index (χ4v) is 4.68. The maximum absolute atomic E-state index is 9.96. The third-order valence-corrected chi connectivity index (χ3v) is 5.68. The average molecular weight is 296 g/mol. The van der Waals surface area contributed by atoms with E-state index < -0.39 is 0 Å². The Morgan fingerprint density at radius 2 is 2.10 bits per heavy atom. The van der Waals surface area contributed by atoms with Crippen molar-refractivity contribution in [3.8, 4) is 0 Å². The van der Waals surface area contributed by atoms with Crippen LogP contribution in [0.15, 0.2) is 0 Å². The smallest absolute Gasteiger partial charge is 0.0616 e. The molecule has 1 heterocycles. The Balaban J connectivity index is 1.81. The average Bonchev–Trinajstić information content (AvgIpc) is 3.04. The second-order valence-corrected chi connectivity index (χ2v) is 7.74. The van der Waals surface area contributed by atoms with Gasteiger partial charge in [-0.1, -0.05) is 33.6 Å². The zero-order valence-corrected chi connectivity index (χ0v) is 14.4. The number of likely N-dealkylation sites (tertiary alicyclic amines) is 1. The molecule has 0 aromatic carbocycles. The molecule has 3 unspecified atom stereocenters. The zero-order valence-electron chi connectivity index (χ0n) is 14.4. The second kappa shape index (κ2) is 7.94. The van der Waals surface area contributed by atoms with Gasteiger partial charge in [0.1, 0.15) is 0 Å². The number of aliphatic hydroxyl groups excluding tert-OH is 1. The highest BCUT2D eigenvalue weighted by Crippen LogP contribution is 2.38. The molecule has 1 saturated carbocycles. The lowest BCUT2D eigenvalue weighted by molar-refractivity contribution is 0.105. The summed E-state index contributed by atoms with van der Waals surface area (Å²) >= 11 is 0. The molecule has 2 fully saturated rings. The van der Waals surface area contributed by atoms with Crippen molar-refractivity contribution >= 4 is 0 Å². The van der Waals surface area contributed by atoms with E-state index >= 15 is 0 Å². The summed E-state index contributed by atoms with van der Waals surface area (Å²) in [4.78, 5) is 2.66. The highest BCUT2D eigenvalue weighted by Gasteiger charge is 2.42. The number of rotatable bonds is 8. The minimum atomic E-state index is -0.00326. The van der Waals surface area contributed by atoms with Crippen LogP contribution in [-0.2, 0) is 0 Å². The van der Waals surface area contributed by atoms with Gasteiger partial charge in [-0.25, -0.2) is 0 Å². The molecule has 124 valence electrons. The molecular formula is C18H36N2O. The number of hydrogen-bond acceptors (Lipinski definition) is 3. The SMILES string of the molecule is CCCC1CCN(CCC2CCCC2(CO)NC(C)C)C1. The Morgan fingerprint density at radius 3 is 2.76 bits per heavy atom. The lowest BCUT2D eigenvalue weighted by Crippen LogP contribution is -2.54. The summed E-state index contributed by atoms with van der Waals surface area (Å²) in [5.74, 6) is 1.59. The molecule has 1 saturated heterocycles. The van der Waals surface area contributed by atoms with Gasteiger partial charge in [0.25, 0.3) is 0 Å². The molecule has 21 heavy (non-hydrogen) atoms. The summed E-state index contributed by atoms with van der Waals surface area (Å²) in [7, 11) is 0. The zero-order chi connectivity index (χ0) is 15.3. The number of nitrogens with zero attached hydrogens (tertiary/aromatic N) is 1.